The van der Waals surface area contributed by atoms with Gasteiger partial charge in [-0.05, 0) is 25.0 Å². The lowest BCUT2D eigenvalue weighted by molar-refractivity contribution is -0.143. The summed E-state index contributed by atoms with van der Waals surface area (Å²) < 4.78 is 1.58. The molecule has 0 radical (unpaired) electrons. The molecule has 0 spiro atoms. The van der Waals surface area contributed by atoms with E-state index in [2.05, 4.69) is 10.4 Å². The van der Waals surface area contributed by atoms with Gasteiger partial charge in [0.1, 0.15) is 5.54 Å². The number of aliphatic carboxylic acids is 1. The monoisotopic (exact) mass is 335 g/mol. The first-order valence-corrected chi connectivity index (χ1v) is 7.55. The Morgan fingerprint density at radius 1 is 1.39 bits per heavy atom. The van der Waals surface area contributed by atoms with Crippen molar-refractivity contribution in [1.82, 2.24) is 15.1 Å². The molecule has 1 aromatic carbocycles. The van der Waals surface area contributed by atoms with Gasteiger partial charge in [-0.3, -0.25) is 9.48 Å². The minimum atomic E-state index is -1.30. The van der Waals surface area contributed by atoms with Crippen LogP contribution < -0.4 is 5.32 Å². The van der Waals surface area contributed by atoms with Crippen LogP contribution in [-0.2, 0) is 11.3 Å². The molecular weight excluding hydrogens is 318 g/mol. The third-order valence-electron chi connectivity index (χ3n) is 3.75. The van der Waals surface area contributed by atoms with Gasteiger partial charge in [0.2, 0.25) is 0 Å². The first-order valence-electron chi connectivity index (χ1n) is 7.17. The van der Waals surface area contributed by atoms with Crippen LogP contribution in [0.1, 0.15) is 36.2 Å². The number of rotatable bonds is 6. The Hall–Kier alpha value is -2.34. The molecule has 7 heteroatoms. The Kier molecular flexibility index (Phi) is 5.05. The zero-order chi connectivity index (χ0) is 17.0. The van der Waals surface area contributed by atoms with E-state index in [0.717, 1.165) is 5.56 Å². The number of hydrogen-bond acceptors (Lipinski definition) is 3. The van der Waals surface area contributed by atoms with Gasteiger partial charge < -0.3 is 10.4 Å². The molecule has 122 valence electrons. The van der Waals surface area contributed by atoms with Crippen molar-refractivity contribution in [2.75, 3.05) is 0 Å². The van der Waals surface area contributed by atoms with E-state index in [1.165, 1.54) is 13.1 Å². The Labute approximate surface area is 139 Å². The summed E-state index contributed by atoms with van der Waals surface area (Å²) in [6, 6.07) is 7.37. The van der Waals surface area contributed by atoms with Crippen LogP contribution in [-0.4, -0.2) is 32.3 Å². The van der Waals surface area contributed by atoms with Crippen molar-refractivity contribution in [2.24, 2.45) is 0 Å². The molecule has 0 fully saturated rings. The first-order chi connectivity index (χ1) is 10.9. The number of carboxylic acid groups (broad SMARTS) is 1. The fraction of sp³-hybridized carbons (Fsp3) is 0.312. The molecule has 1 aromatic heterocycles. The summed E-state index contributed by atoms with van der Waals surface area (Å²) in [6.45, 7) is 3.60. The molecule has 0 aliphatic heterocycles. The van der Waals surface area contributed by atoms with E-state index in [1.807, 2.05) is 18.2 Å². The van der Waals surface area contributed by atoms with E-state index < -0.39 is 17.4 Å². The molecule has 0 saturated heterocycles. The third-order valence-corrected chi connectivity index (χ3v) is 4.12. The fourth-order valence-electron chi connectivity index (χ4n) is 1.98. The third kappa shape index (κ3) is 3.90. The number of nitrogens with one attached hydrogen (secondary N) is 1. The van der Waals surface area contributed by atoms with Gasteiger partial charge in [0, 0.05) is 11.2 Å². The number of amides is 1. The van der Waals surface area contributed by atoms with Crippen LogP contribution in [0.4, 0.5) is 0 Å². The zero-order valence-corrected chi connectivity index (χ0v) is 13.7. The van der Waals surface area contributed by atoms with Crippen LogP contribution in [0.15, 0.2) is 36.7 Å². The number of nitrogens with zero attached hydrogens (tertiary/aromatic N) is 2. The highest BCUT2D eigenvalue weighted by Gasteiger charge is 2.33. The predicted octanol–water partition coefficient (Wildman–Crippen LogP) is 2.57. The smallest absolute Gasteiger partial charge is 0.329 e. The number of carboxylic acids is 1. The lowest BCUT2D eigenvalue weighted by Gasteiger charge is -2.24. The molecule has 0 saturated carbocycles. The summed E-state index contributed by atoms with van der Waals surface area (Å²) >= 11 is 6.10. The average molecular weight is 336 g/mol. The molecule has 6 nitrogen and oxygen atoms in total. The van der Waals surface area contributed by atoms with E-state index in [0.29, 0.717) is 17.1 Å². The van der Waals surface area contributed by atoms with Gasteiger partial charge in [-0.2, -0.15) is 5.10 Å². The Morgan fingerprint density at radius 3 is 2.70 bits per heavy atom. The summed E-state index contributed by atoms with van der Waals surface area (Å²) in [5, 5.41) is 16.5. The van der Waals surface area contributed by atoms with Gasteiger partial charge in [-0.15, -0.1) is 0 Å². The Balaban J connectivity index is 2.11. The summed E-state index contributed by atoms with van der Waals surface area (Å²) in [4.78, 5) is 23.5. The van der Waals surface area contributed by atoms with Crippen molar-refractivity contribution < 1.29 is 14.7 Å². The van der Waals surface area contributed by atoms with Crippen molar-refractivity contribution in [2.45, 2.75) is 32.4 Å². The van der Waals surface area contributed by atoms with Crippen LogP contribution in [0.5, 0.6) is 0 Å². The standard InChI is InChI=1S/C16H18ClN3O3/c1-3-16(2,15(22)23)19-14(21)12-8-18-20(10-12)9-11-6-4-5-7-13(11)17/h4-8,10H,3,9H2,1-2H3,(H,19,21)(H,22,23). The molecule has 2 rings (SSSR count). The highest BCUT2D eigenvalue weighted by atomic mass is 35.5. The molecular formula is C16H18ClN3O3. The molecule has 1 amide bonds. The Bertz CT molecular complexity index is 729. The summed E-state index contributed by atoms with van der Waals surface area (Å²) in [6.07, 6.45) is 3.25. The molecule has 23 heavy (non-hydrogen) atoms. The topological polar surface area (TPSA) is 84.2 Å². The molecule has 0 aliphatic carbocycles. The van der Waals surface area contributed by atoms with Crippen molar-refractivity contribution in [3.8, 4) is 0 Å². The summed E-state index contributed by atoms with van der Waals surface area (Å²) in [5.41, 5.74) is -0.117. The number of halogens is 1. The second kappa shape index (κ2) is 6.83. The maximum absolute atomic E-state index is 12.2. The number of aromatic nitrogens is 2. The van der Waals surface area contributed by atoms with Gasteiger partial charge in [0.15, 0.2) is 0 Å². The number of benzene rings is 1. The number of hydrogen-bond donors (Lipinski definition) is 2. The van der Waals surface area contributed by atoms with Crippen molar-refractivity contribution >= 4 is 23.5 Å². The maximum Gasteiger partial charge on any atom is 0.329 e. The van der Waals surface area contributed by atoms with Gasteiger partial charge >= 0.3 is 5.97 Å². The van der Waals surface area contributed by atoms with Crippen LogP contribution >= 0.6 is 11.6 Å². The Morgan fingerprint density at radius 2 is 2.09 bits per heavy atom. The van der Waals surface area contributed by atoms with E-state index in [9.17, 15) is 14.7 Å². The van der Waals surface area contributed by atoms with E-state index >= 15 is 0 Å². The van der Waals surface area contributed by atoms with Crippen molar-refractivity contribution in [3.05, 3.63) is 52.8 Å². The highest BCUT2D eigenvalue weighted by Crippen LogP contribution is 2.16. The minimum absolute atomic E-state index is 0.280. The van der Waals surface area contributed by atoms with Gasteiger partial charge in [-0.25, -0.2) is 4.79 Å². The molecule has 2 N–H and O–H groups in total. The SMILES string of the molecule is CCC(C)(NC(=O)c1cnn(Cc2ccccc2Cl)c1)C(=O)O. The quantitative estimate of drug-likeness (QED) is 0.849. The van der Waals surface area contributed by atoms with Crippen LogP contribution in [0, 0.1) is 0 Å². The molecule has 2 aromatic rings. The summed E-state index contributed by atoms with van der Waals surface area (Å²) in [5.74, 6) is -1.54. The average Bonchev–Trinajstić information content (AvgIpc) is 2.98. The van der Waals surface area contributed by atoms with Crippen LogP contribution in [0.3, 0.4) is 0 Å². The van der Waals surface area contributed by atoms with Gasteiger partial charge in [-0.1, -0.05) is 36.7 Å². The van der Waals surface area contributed by atoms with Gasteiger partial charge in [0.05, 0.1) is 18.3 Å². The number of carbonyl (C=O) groups is 2. The van der Waals surface area contributed by atoms with Crippen molar-refractivity contribution in [3.63, 3.8) is 0 Å². The molecule has 0 aliphatic rings. The second-order valence-electron chi connectivity index (χ2n) is 5.46. The first kappa shape index (κ1) is 17.0. The fourth-order valence-corrected chi connectivity index (χ4v) is 2.18. The van der Waals surface area contributed by atoms with E-state index in [4.69, 9.17) is 11.6 Å². The zero-order valence-electron chi connectivity index (χ0n) is 12.9. The molecule has 1 heterocycles. The lowest BCUT2D eigenvalue weighted by Crippen LogP contribution is -2.51. The molecule has 1 atom stereocenters. The molecule has 1 unspecified atom stereocenters. The molecule has 0 bridgehead atoms. The van der Waals surface area contributed by atoms with Gasteiger partial charge in [0.25, 0.3) is 5.91 Å². The summed E-state index contributed by atoms with van der Waals surface area (Å²) in [7, 11) is 0. The maximum atomic E-state index is 12.2. The minimum Gasteiger partial charge on any atom is -0.480 e. The second-order valence-corrected chi connectivity index (χ2v) is 5.87. The van der Waals surface area contributed by atoms with E-state index in [-0.39, 0.29) is 6.42 Å². The van der Waals surface area contributed by atoms with E-state index in [1.54, 1.807) is 23.9 Å². The largest absolute Gasteiger partial charge is 0.480 e. The highest BCUT2D eigenvalue weighted by molar-refractivity contribution is 6.31. The number of carbonyl (C=O) groups excluding carboxylic acids is 1. The lowest BCUT2D eigenvalue weighted by atomic mass is 9.99. The van der Waals surface area contributed by atoms with Crippen LogP contribution in [0.2, 0.25) is 5.02 Å². The normalized spacial score (nSPS) is 13.3. The predicted molar refractivity (Wildman–Crippen MR) is 86.6 cm³/mol. The van der Waals surface area contributed by atoms with Crippen LogP contribution in [0.25, 0.3) is 0 Å². The van der Waals surface area contributed by atoms with Crippen molar-refractivity contribution in [1.29, 1.82) is 0 Å².